The number of nitrogens with two attached hydrogens (primary N) is 2. The van der Waals surface area contributed by atoms with Crippen molar-refractivity contribution < 1.29 is 8.42 Å². The molecule has 2 aromatic rings. The lowest BCUT2D eigenvalue weighted by atomic mass is 10.2. The molecule has 8 nitrogen and oxygen atoms in total. The predicted octanol–water partition coefficient (Wildman–Crippen LogP) is 0.218. The van der Waals surface area contributed by atoms with Crippen LogP contribution >= 0.6 is 0 Å². The lowest BCUT2D eigenvalue weighted by Gasteiger charge is -2.16. The summed E-state index contributed by atoms with van der Waals surface area (Å²) in [5.41, 5.74) is 6.73. The molecule has 0 bridgehead atoms. The second-order valence-electron chi connectivity index (χ2n) is 4.46. The lowest BCUT2D eigenvalue weighted by Crippen LogP contribution is -2.15. The van der Waals surface area contributed by atoms with E-state index in [9.17, 15) is 8.42 Å². The van der Waals surface area contributed by atoms with Gasteiger partial charge in [-0.3, -0.25) is 0 Å². The molecule has 1 atom stereocenters. The van der Waals surface area contributed by atoms with Crippen molar-refractivity contribution in [3.8, 4) is 0 Å². The van der Waals surface area contributed by atoms with E-state index in [1.165, 1.54) is 12.1 Å². The molecule has 20 heavy (non-hydrogen) atoms. The fourth-order valence-corrected chi connectivity index (χ4v) is 2.38. The lowest BCUT2D eigenvalue weighted by molar-refractivity contribution is 0.598. The van der Waals surface area contributed by atoms with E-state index in [0.717, 1.165) is 5.82 Å². The van der Waals surface area contributed by atoms with Crippen molar-refractivity contribution in [2.24, 2.45) is 12.2 Å². The van der Waals surface area contributed by atoms with Crippen molar-refractivity contribution in [3.05, 3.63) is 30.4 Å². The Bertz CT molecular complexity index is 724. The minimum atomic E-state index is -3.75. The van der Waals surface area contributed by atoms with Crippen LogP contribution in [0.25, 0.3) is 0 Å². The molecule has 0 saturated heterocycles. The fourth-order valence-electron chi connectivity index (χ4n) is 1.83. The third-order valence-corrected chi connectivity index (χ3v) is 3.77. The van der Waals surface area contributed by atoms with E-state index >= 15 is 0 Å². The van der Waals surface area contributed by atoms with Crippen LogP contribution in [0.2, 0.25) is 0 Å². The monoisotopic (exact) mass is 296 g/mol. The van der Waals surface area contributed by atoms with E-state index in [2.05, 4.69) is 15.5 Å². The number of rotatable bonds is 4. The molecule has 108 valence electrons. The summed E-state index contributed by atoms with van der Waals surface area (Å²) in [7, 11) is -1.92. The molecule has 0 amide bonds. The fraction of sp³-hybridized carbons (Fsp3) is 0.273. The number of primary sulfonamides is 1. The molecule has 5 N–H and O–H groups in total. The van der Waals surface area contributed by atoms with Crippen LogP contribution in [0.1, 0.15) is 18.8 Å². The maximum absolute atomic E-state index is 11.2. The standard InChI is InChI=1S/C11H16N6O2S/c1-7(11-16-14-6-17(11)2)15-10-4-3-8(5-9(10)12)20(13,18)19/h3-7,15H,12H2,1-2H3,(H2,13,18,19). The second-order valence-corrected chi connectivity index (χ2v) is 6.02. The Balaban J connectivity index is 2.25. The van der Waals surface area contributed by atoms with Crippen molar-refractivity contribution in [1.29, 1.82) is 0 Å². The first kappa shape index (κ1) is 14.3. The van der Waals surface area contributed by atoms with Gasteiger partial charge in [0.15, 0.2) is 5.82 Å². The van der Waals surface area contributed by atoms with Crippen LogP contribution in [0, 0.1) is 0 Å². The zero-order valence-corrected chi connectivity index (χ0v) is 11.9. The van der Waals surface area contributed by atoms with Crippen LogP contribution in [0.3, 0.4) is 0 Å². The summed E-state index contributed by atoms with van der Waals surface area (Å²) in [6.07, 6.45) is 1.60. The third-order valence-electron chi connectivity index (χ3n) is 2.86. The Morgan fingerprint density at radius 2 is 2.10 bits per heavy atom. The number of aryl methyl sites for hydroxylation is 1. The maximum atomic E-state index is 11.2. The molecule has 1 aromatic heterocycles. The van der Waals surface area contributed by atoms with Gasteiger partial charge in [0.1, 0.15) is 6.33 Å². The third kappa shape index (κ3) is 2.89. The SMILES string of the molecule is CC(Nc1ccc(S(N)(=O)=O)cc1N)c1nncn1C. The van der Waals surface area contributed by atoms with Gasteiger partial charge in [-0.1, -0.05) is 0 Å². The second kappa shape index (κ2) is 5.10. The van der Waals surface area contributed by atoms with E-state index in [1.54, 1.807) is 17.0 Å². The summed E-state index contributed by atoms with van der Waals surface area (Å²) in [5.74, 6) is 0.736. The number of nitrogens with zero attached hydrogens (tertiary/aromatic N) is 3. The first-order valence-electron chi connectivity index (χ1n) is 5.82. The average molecular weight is 296 g/mol. The van der Waals surface area contributed by atoms with Crippen molar-refractivity contribution >= 4 is 21.4 Å². The highest BCUT2D eigenvalue weighted by atomic mass is 32.2. The molecular formula is C11H16N6O2S. The minimum absolute atomic E-state index is 0.0214. The molecule has 1 unspecified atom stereocenters. The zero-order valence-electron chi connectivity index (χ0n) is 11.1. The molecule has 0 aliphatic heterocycles. The summed E-state index contributed by atoms with van der Waals surface area (Å²) >= 11 is 0. The molecule has 9 heteroatoms. The highest BCUT2D eigenvalue weighted by Crippen LogP contribution is 2.25. The van der Waals surface area contributed by atoms with Crippen LogP contribution in [-0.4, -0.2) is 23.2 Å². The summed E-state index contributed by atoms with van der Waals surface area (Å²) in [6.45, 7) is 1.90. The number of aromatic nitrogens is 3. The van der Waals surface area contributed by atoms with E-state index in [-0.39, 0.29) is 10.9 Å². The van der Waals surface area contributed by atoms with Gasteiger partial charge in [-0.25, -0.2) is 13.6 Å². The number of sulfonamides is 1. The van der Waals surface area contributed by atoms with Gasteiger partial charge in [-0.2, -0.15) is 0 Å². The van der Waals surface area contributed by atoms with Gasteiger partial charge in [0.25, 0.3) is 0 Å². The van der Waals surface area contributed by atoms with Crippen LogP contribution in [0.15, 0.2) is 29.4 Å². The van der Waals surface area contributed by atoms with Gasteiger partial charge in [0, 0.05) is 7.05 Å². The number of nitrogens with one attached hydrogen (secondary N) is 1. The molecule has 0 fully saturated rings. The number of benzene rings is 1. The largest absolute Gasteiger partial charge is 0.397 e. The first-order valence-corrected chi connectivity index (χ1v) is 7.36. The summed E-state index contributed by atoms with van der Waals surface area (Å²) < 4.78 is 24.2. The Hall–Kier alpha value is -2.13. The van der Waals surface area contributed by atoms with Gasteiger partial charge in [0.05, 0.1) is 22.3 Å². The Labute approximate surface area is 116 Å². The van der Waals surface area contributed by atoms with Gasteiger partial charge in [-0.05, 0) is 25.1 Å². The van der Waals surface area contributed by atoms with Gasteiger partial charge in [-0.15, -0.1) is 10.2 Å². The average Bonchev–Trinajstić information content (AvgIpc) is 2.76. The molecule has 2 rings (SSSR count). The van der Waals surface area contributed by atoms with E-state index in [0.29, 0.717) is 11.4 Å². The normalized spacial score (nSPS) is 13.2. The molecule has 0 saturated carbocycles. The van der Waals surface area contributed by atoms with E-state index < -0.39 is 10.0 Å². The van der Waals surface area contributed by atoms with Crippen molar-refractivity contribution in [1.82, 2.24) is 14.8 Å². The molecule has 0 radical (unpaired) electrons. The highest BCUT2D eigenvalue weighted by Gasteiger charge is 2.14. The molecule has 0 aliphatic rings. The quantitative estimate of drug-likeness (QED) is 0.692. The van der Waals surface area contributed by atoms with Crippen LogP contribution < -0.4 is 16.2 Å². The van der Waals surface area contributed by atoms with Crippen LogP contribution in [0.4, 0.5) is 11.4 Å². The topological polar surface area (TPSA) is 129 Å². The number of nitrogen functional groups attached to an aromatic ring is 1. The summed E-state index contributed by atoms with van der Waals surface area (Å²) in [6, 6.07) is 4.16. The van der Waals surface area contributed by atoms with E-state index in [4.69, 9.17) is 10.9 Å². The van der Waals surface area contributed by atoms with Crippen LogP contribution in [-0.2, 0) is 17.1 Å². The van der Waals surface area contributed by atoms with Crippen molar-refractivity contribution in [2.45, 2.75) is 17.9 Å². The number of anilines is 2. The van der Waals surface area contributed by atoms with Crippen molar-refractivity contribution in [2.75, 3.05) is 11.1 Å². The zero-order chi connectivity index (χ0) is 14.9. The van der Waals surface area contributed by atoms with Gasteiger partial charge < -0.3 is 15.6 Å². The first-order chi connectivity index (χ1) is 9.29. The van der Waals surface area contributed by atoms with Crippen molar-refractivity contribution in [3.63, 3.8) is 0 Å². The smallest absolute Gasteiger partial charge is 0.238 e. The molecule has 0 aliphatic carbocycles. The number of hydrogen-bond donors (Lipinski definition) is 3. The maximum Gasteiger partial charge on any atom is 0.238 e. The Morgan fingerprint density at radius 3 is 2.60 bits per heavy atom. The minimum Gasteiger partial charge on any atom is -0.397 e. The van der Waals surface area contributed by atoms with Gasteiger partial charge in [0.2, 0.25) is 10.0 Å². The summed E-state index contributed by atoms with van der Waals surface area (Å²) in [5, 5.41) is 16.0. The highest BCUT2D eigenvalue weighted by molar-refractivity contribution is 7.89. The predicted molar refractivity (Wildman–Crippen MR) is 75.3 cm³/mol. The summed E-state index contributed by atoms with van der Waals surface area (Å²) in [4.78, 5) is -0.0214. The Kier molecular flexibility index (Phi) is 3.64. The van der Waals surface area contributed by atoms with Gasteiger partial charge >= 0.3 is 0 Å². The Morgan fingerprint density at radius 1 is 1.40 bits per heavy atom. The molecular weight excluding hydrogens is 280 g/mol. The van der Waals surface area contributed by atoms with Crippen LogP contribution in [0.5, 0.6) is 0 Å². The molecule has 1 heterocycles. The molecule has 1 aromatic carbocycles. The molecule has 0 spiro atoms. The van der Waals surface area contributed by atoms with E-state index in [1.807, 2.05) is 14.0 Å². The number of hydrogen-bond acceptors (Lipinski definition) is 6.